The van der Waals surface area contributed by atoms with Crippen molar-refractivity contribution in [1.82, 2.24) is 0 Å². The lowest BCUT2D eigenvalue weighted by atomic mass is 10.1. The molecule has 0 unspecified atom stereocenters. The first-order chi connectivity index (χ1) is 24.7. The fourth-order valence-corrected chi connectivity index (χ4v) is 5.03. The summed E-state index contributed by atoms with van der Waals surface area (Å²) in [7, 11) is 0. The van der Waals surface area contributed by atoms with Crippen LogP contribution in [0.4, 0.5) is 0 Å². The van der Waals surface area contributed by atoms with Crippen molar-refractivity contribution >= 4 is 0 Å². The molecule has 52 heavy (non-hydrogen) atoms. The van der Waals surface area contributed by atoms with Gasteiger partial charge in [0.2, 0.25) is 0 Å². The van der Waals surface area contributed by atoms with E-state index in [9.17, 15) is 0 Å². The van der Waals surface area contributed by atoms with Crippen molar-refractivity contribution in [1.29, 1.82) is 0 Å². The fraction of sp³-hybridized carbons (Fsp3) is 0.538. The largest absolute Gasteiger partial charge is 0.103 e. The zero-order chi connectivity index (χ0) is 40.0. The molecule has 0 saturated heterocycles. The molecule has 0 nitrogen and oxygen atoms in total. The third kappa shape index (κ3) is 46.9. The highest BCUT2D eigenvalue weighted by molar-refractivity contribution is 5.10. The molecule has 0 fully saturated rings. The second kappa shape index (κ2) is 39.1. The molecule has 0 aliphatic rings. The Morgan fingerprint density at radius 3 is 0.769 bits per heavy atom. The first-order valence-corrected chi connectivity index (χ1v) is 20.3. The number of hydrogen-bond acceptors (Lipinski definition) is 0. The monoisotopic (exact) mass is 711 g/mol. The molecule has 0 rings (SSSR count). The van der Waals surface area contributed by atoms with E-state index < -0.39 is 0 Å². The average molecular weight is 711 g/mol. The quantitative estimate of drug-likeness (QED) is 0.0875. The normalized spacial score (nSPS) is 12.7. The Morgan fingerprint density at radius 2 is 0.538 bits per heavy atom. The number of hydrogen-bond donors (Lipinski definition) is 0. The van der Waals surface area contributed by atoms with Crippen molar-refractivity contribution in [2.45, 2.75) is 186 Å². The molecule has 0 amide bonds. The van der Waals surface area contributed by atoms with E-state index in [1.54, 1.807) is 6.08 Å². The Morgan fingerprint density at radius 1 is 0.327 bits per heavy atom. The maximum Gasteiger partial charge on any atom is -0.0166 e. The zero-order valence-electron chi connectivity index (χ0n) is 37.0. The lowest BCUT2D eigenvalue weighted by Crippen LogP contribution is -1.81. The van der Waals surface area contributed by atoms with Gasteiger partial charge in [0.25, 0.3) is 0 Å². The molecule has 0 radical (unpaired) electrons. The van der Waals surface area contributed by atoms with Crippen molar-refractivity contribution in [3.63, 3.8) is 0 Å². The van der Waals surface area contributed by atoms with Gasteiger partial charge in [-0.15, -0.1) is 13.2 Å². The van der Waals surface area contributed by atoms with E-state index in [-0.39, 0.29) is 0 Å². The SMILES string of the molecule is C=CC.C=CCC=C(C)CC/C=C(\C)CCC=C(C)C.CC(C)=CCC/C(C)=C/CCC(C)=CC/C=C/CC=C(C)CC/C=C(\C)CCC=C(C)C. The molecule has 0 aliphatic carbocycles. The molecule has 0 heteroatoms. The summed E-state index contributed by atoms with van der Waals surface area (Å²) in [6, 6.07) is 0. The predicted molar refractivity (Wildman–Crippen MR) is 245 cm³/mol. The van der Waals surface area contributed by atoms with Gasteiger partial charge in [-0.25, -0.2) is 0 Å². The van der Waals surface area contributed by atoms with Crippen LogP contribution in [0.15, 0.2) is 142 Å². The van der Waals surface area contributed by atoms with Crippen LogP contribution in [-0.4, -0.2) is 0 Å². The minimum atomic E-state index is 0.995. The van der Waals surface area contributed by atoms with Crippen LogP contribution in [0.5, 0.6) is 0 Å². The van der Waals surface area contributed by atoms with Crippen LogP contribution in [0.25, 0.3) is 0 Å². The number of allylic oxidation sites excluding steroid dienone is 22. The first-order valence-electron chi connectivity index (χ1n) is 20.3. The molecule has 0 bridgehead atoms. The smallest absolute Gasteiger partial charge is 0.0166 e. The maximum absolute atomic E-state index is 3.73. The highest BCUT2D eigenvalue weighted by Crippen LogP contribution is 2.14. The minimum Gasteiger partial charge on any atom is -0.103 e. The van der Waals surface area contributed by atoms with Crippen LogP contribution in [-0.2, 0) is 0 Å². The molecule has 294 valence electrons. The summed E-state index contributed by atoms with van der Waals surface area (Å²) >= 11 is 0. The van der Waals surface area contributed by atoms with Gasteiger partial charge in [-0.3, -0.25) is 0 Å². The van der Waals surface area contributed by atoms with Crippen molar-refractivity contribution in [3.05, 3.63) is 142 Å². The second-order valence-corrected chi connectivity index (χ2v) is 15.3. The zero-order valence-corrected chi connectivity index (χ0v) is 37.0. The van der Waals surface area contributed by atoms with Gasteiger partial charge in [-0.2, -0.15) is 0 Å². The molecular weight excluding hydrogens is 625 g/mol. The van der Waals surface area contributed by atoms with E-state index in [0.717, 1.165) is 32.1 Å². The van der Waals surface area contributed by atoms with Gasteiger partial charge in [-0.05, 0) is 186 Å². The minimum absolute atomic E-state index is 0.995. The summed E-state index contributed by atoms with van der Waals surface area (Å²) in [5, 5.41) is 0. The predicted octanol–water partition coefficient (Wildman–Crippen LogP) is 18.3. The molecule has 0 saturated carbocycles. The van der Waals surface area contributed by atoms with Gasteiger partial charge >= 0.3 is 0 Å². The van der Waals surface area contributed by atoms with E-state index in [0.29, 0.717) is 0 Å². The van der Waals surface area contributed by atoms with Crippen molar-refractivity contribution < 1.29 is 0 Å². The first kappa shape index (κ1) is 53.2. The maximum atomic E-state index is 3.73. The highest BCUT2D eigenvalue weighted by Gasteiger charge is 1.94. The molecule has 0 aromatic carbocycles. The fourth-order valence-electron chi connectivity index (χ4n) is 5.03. The summed E-state index contributed by atoms with van der Waals surface area (Å²) in [4.78, 5) is 0. The molecule has 0 aliphatic heterocycles. The van der Waals surface area contributed by atoms with Crippen LogP contribution < -0.4 is 0 Å². The molecule has 0 aromatic rings. The highest BCUT2D eigenvalue weighted by atomic mass is 14.0. The topological polar surface area (TPSA) is 0 Å². The Bertz CT molecular complexity index is 1160. The molecule has 0 heterocycles. The summed E-state index contributed by atoms with van der Waals surface area (Å²) in [5.41, 5.74) is 13.3. The standard InChI is InChI=1S/C32H52.C17H28.C3H6/c1-27(2)17-13-21-31(7)25-15-23-29(5)19-11-9-10-12-20-30(6)24-16-26-32(8)22-14-18-28(3)4;1-6-7-11-16(4)13-9-14-17(5)12-8-10-15(2)3;1-3-2/h9-10,17-20,25-26H,11-16,21-24H2,1-8H3;6,10-11,14H,1,7-9,12-13H2,2-5H3;3H,1H2,2H3/b10-9+,29-19?,30-20?,31-25+,32-26+;16-11?,17-14+;. The summed E-state index contributed by atoms with van der Waals surface area (Å²) in [6.45, 7) is 35.5. The summed E-state index contributed by atoms with van der Waals surface area (Å²) in [5.74, 6) is 0. The second-order valence-electron chi connectivity index (χ2n) is 15.3. The lowest BCUT2D eigenvalue weighted by molar-refractivity contribution is 0.914. The van der Waals surface area contributed by atoms with Gasteiger partial charge in [0, 0.05) is 0 Å². The average Bonchev–Trinajstić information content (AvgIpc) is 3.05. The van der Waals surface area contributed by atoms with E-state index in [2.05, 4.69) is 163 Å². The van der Waals surface area contributed by atoms with Crippen molar-refractivity contribution in [3.8, 4) is 0 Å². The Labute approximate surface area is 327 Å². The molecular formula is C52H86. The van der Waals surface area contributed by atoms with E-state index in [1.807, 2.05) is 13.0 Å². The third-order valence-corrected chi connectivity index (χ3v) is 8.37. The van der Waals surface area contributed by atoms with Gasteiger partial charge in [0.15, 0.2) is 0 Å². The Kier molecular flexibility index (Phi) is 40.0. The van der Waals surface area contributed by atoms with Gasteiger partial charge in [-0.1, -0.05) is 129 Å². The van der Waals surface area contributed by atoms with Crippen LogP contribution in [0, 0.1) is 0 Å². The third-order valence-electron chi connectivity index (χ3n) is 8.37. The summed E-state index contributed by atoms with van der Waals surface area (Å²) < 4.78 is 0. The Hall–Kier alpha value is -3.12. The van der Waals surface area contributed by atoms with Crippen molar-refractivity contribution in [2.24, 2.45) is 0 Å². The van der Waals surface area contributed by atoms with Gasteiger partial charge in [0.05, 0.1) is 0 Å². The van der Waals surface area contributed by atoms with Crippen LogP contribution in [0.2, 0.25) is 0 Å². The Balaban J connectivity index is -0.00000100. The molecule has 0 N–H and O–H groups in total. The molecule has 0 aromatic heterocycles. The summed E-state index contributed by atoms with van der Waals surface area (Å²) in [6.07, 6.45) is 46.7. The number of rotatable bonds is 24. The van der Waals surface area contributed by atoms with E-state index in [1.165, 1.54) is 114 Å². The molecule has 0 atom stereocenters. The van der Waals surface area contributed by atoms with Gasteiger partial charge < -0.3 is 0 Å². The van der Waals surface area contributed by atoms with Gasteiger partial charge in [0.1, 0.15) is 0 Å². The van der Waals surface area contributed by atoms with Crippen LogP contribution in [0.1, 0.15) is 186 Å². The van der Waals surface area contributed by atoms with E-state index >= 15 is 0 Å². The van der Waals surface area contributed by atoms with Crippen LogP contribution >= 0.6 is 0 Å². The lowest BCUT2D eigenvalue weighted by Gasteiger charge is -2.01. The van der Waals surface area contributed by atoms with E-state index in [4.69, 9.17) is 0 Å². The van der Waals surface area contributed by atoms with Crippen molar-refractivity contribution in [2.75, 3.05) is 0 Å². The molecule has 0 spiro atoms. The van der Waals surface area contributed by atoms with Crippen LogP contribution in [0.3, 0.4) is 0 Å².